The molecule has 106 valence electrons. The van der Waals surface area contributed by atoms with E-state index >= 15 is 0 Å². The molecule has 1 fully saturated rings. The van der Waals surface area contributed by atoms with E-state index in [1.165, 1.54) is 12.8 Å². The van der Waals surface area contributed by atoms with Gasteiger partial charge in [0.1, 0.15) is 0 Å². The molecular formula is C16H21N3O. The van der Waals surface area contributed by atoms with Crippen LogP contribution in [0.2, 0.25) is 0 Å². The van der Waals surface area contributed by atoms with E-state index in [1.807, 2.05) is 18.2 Å². The van der Waals surface area contributed by atoms with Crippen LogP contribution in [0.5, 0.6) is 0 Å². The number of amides is 1. The number of fused-ring (bicyclic) bond motifs is 1. The Balaban J connectivity index is 1.78. The number of hydrogen-bond acceptors (Lipinski definition) is 2. The lowest BCUT2D eigenvalue weighted by molar-refractivity contribution is 0.0934. The third kappa shape index (κ3) is 2.64. The quantitative estimate of drug-likeness (QED) is 0.731. The van der Waals surface area contributed by atoms with Gasteiger partial charge in [0.25, 0.3) is 5.91 Å². The van der Waals surface area contributed by atoms with E-state index in [0.717, 1.165) is 29.7 Å². The molecular weight excluding hydrogens is 250 g/mol. The van der Waals surface area contributed by atoms with Crippen molar-refractivity contribution in [2.75, 3.05) is 5.73 Å². The van der Waals surface area contributed by atoms with Crippen LogP contribution < -0.4 is 11.1 Å². The number of carbonyl (C=O) groups is 1. The SMILES string of the molecule is CCC(CC1CC1)NC(=O)c1c[nH]c2ccc(N)cc12. The number of anilines is 1. The van der Waals surface area contributed by atoms with Gasteiger partial charge in [0.15, 0.2) is 0 Å². The molecule has 1 aromatic heterocycles. The van der Waals surface area contributed by atoms with Crippen molar-refractivity contribution < 1.29 is 4.79 Å². The van der Waals surface area contributed by atoms with Gasteiger partial charge in [0, 0.05) is 28.8 Å². The second-order valence-electron chi connectivity index (χ2n) is 5.77. The highest BCUT2D eigenvalue weighted by Crippen LogP contribution is 2.34. The zero-order valence-corrected chi connectivity index (χ0v) is 11.8. The summed E-state index contributed by atoms with van der Waals surface area (Å²) < 4.78 is 0. The van der Waals surface area contributed by atoms with Crippen LogP contribution in [0.15, 0.2) is 24.4 Å². The summed E-state index contributed by atoms with van der Waals surface area (Å²) in [4.78, 5) is 15.6. The van der Waals surface area contributed by atoms with Gasteiger partial charge in [-0.2, -0.15) is 0 Å². The molecule has 0 radical (unpaired) electrons. The van der Waals surface area contributed by atoms with Crippen LogP contribution in [0.1, 0.15) is 43.0 Å². The minimum Gasteiger partial charge on any atom is -0.399 e. The van der Waals surface area contributed by atoms with Gasteiger partial charge >= 0.3 is 0 Å². The second-order valence-corrected chi connectivity index (χ2v) is 5.77. The Bertz CT molecular complexity index is 628. The molecule has 1 atom stereocenters. The van der Waals surface area contributed by atoms with Crippen molar-refractivity contribution in [3.63, 3.8) is 0 Å². The molecule has 4 nitrogen and oxygen atoms in total. The highest BCUT2D eigenvalue weighted by atomic mass is 16.1. The van der Waals surface area contributed by atoms with E-state index in [-0.39, 0.29) is 11.9 Å². The minimum absolute atomic E-state index is 0.00523. The Hall–Kier alpha value is -1.97. The first-order valence-corrected chi connectivity index (χ1v) is 7.35. The second kappa shape index (κ2) is 5.19. The molecule has 1 aromatic carbocycles. The number of aromatic amines is 1. The fraction of sp³-hybridized carbons (Fsp3) is 0.438. The topological polar surface area (TPSA) is 70.9 Å². The van der Waals surface area contributed by atoms with E-state index in [0.29, 0.717) is 11.3 Å². The lowest BCUT2D eigenvalue weighted by atomic mass is 10.1. The largest absolute Gasteiger partial charge is 0.399 e. The van der Waals surface area contributed by atoms with Crippen molar-refractivity contribution >= 4 is 22.5 Å². The van der Waals surface area contributed by atoms with Crippen molar-refractivity contribution in [2.45, 2.75) is 38.6 Å². The zero-order valence-electron chi connectivity index (χ0n) is 11.8. The lowest BCUT2D eigenvalue weighted by Gasteiger charge is -2.16. The molecule has 4 N–H and O–H groups in total. The van der Waals surface area contributed by atoms with Crippen LogP contribution in [0.25, 0.3) is 10.9 Å². The number of H-pyrrole nitrogens is 1. The summed E-state index contributed by atoms with van der Waals surface area (Å²) in [7, 11) is 0. The Kier molecular flexibility index (Phi) is 3.38. The molecule has 0 aliphatic heterocycles. The number of nitrogens with one attached hydrogen (secondary N) is 2. The van der Waals surface area contributed by atoms with E-state index in [1.54, 1.807) is 6.20 Å². The zero-order chi connectivity index (χ0) is 14.1. The van der Waals surface area contributed by atoms with Crippen LogP contribution in [-0.4, -0.2) is 16.9 Å². The first kappa shape index (κ1) is 13.0. The van der Waals surface area contributed by atoms with E-state index < -0.39 is 0 Å². The maximum Gasteiger partial charge on any atom is 0.253 e. The molecule has 1 unspecified atom stereocenters. The summed E-state index contributed by atoms with van der Waals surface area (Å²) in [6.07, 6.45) is 6.48. The van der Waals surface area contributed by atoms with E-state index in [4.69, 9.17) is 5.73 Å². The molecule has 4 heteroatoms. The average Bonchev–Trinajstić information content (AvgIpc) is 3.15. The maximum atomic E-state index is 12.4. The van der Waals surface area contributed by atoms with Crippen molar-refractivity contribution in [3.05, 3.63) is 30.0 Å². The summed E-state index contributed by atoms with van der Waals surface area (Å²) in [5.41, 5.74) is 8.11. The fourth-order valence-corrected chi connectivity index (χ4v) is 2.67. The molecule has 0 spiro atoms. The molecule has 3 rings (SSSR count). The molecule has 0 saturated heterocycles. The van der Waals surface area contributed by atoms with Crippen LogP contribution in [0.4, 0.5) is 5.69 Å². The summed E-state index contributed by atoms with van der Waals surface area (Å²) >= 11 is 0. The molecule has 2 aromatic rings. The van der Waals surface area contributed by atoms with Crippen molar-refractivity contribution in [1.82, 2.24) is 10.3 Å². The third-order valence-electron chi connectivity index (χ3n) is 4.09. The van der Waals surface area contributed by atoms with Gasteiger partial charge in [-0.3, -0.25) is 4.79 Å². The highest BCUT2D eigenvalue weighted by molar-refractivity contribution is 6.07. The minimum atomic E-state index is -0.00523. The number of aromatic nitrogens is 1. The van der Waals surface area contributed by atoms with Gasteiger partial charge in [-0.15, -0.1) is 0 Å². The summed E-state index contributed by atoms with van der Waals surface area (Å²) in [6, 6.07) is 5.87. The van der Waals surface area contributed by atoms with Crippen molar-refractivity contribution in [3.8, 4) is 0 Å². The summed E-state index contributed by atoms with van der Waals surface area (Å²) in [6.45, 7) is 2.13. The van der Waals surface area contributed by atoms with Gasteiger partial charge in [0.05, 0.1) is 5.56 Å². The molecule has 20 heavy (non-hydrogen) atoms. The van der Waals surface area contributed by atoms with Crippen LogP contribution >= 0.6 is 0 Å². The van der Waals surface area contributed by atoms with Gasteiger partial charge in [-0.1, -0.05) is 19.8 Å². The Morgan fingerprint density at radius 1 is 1.50 bits per heavy atom. The van der Waals surface area contributed by atoms with E-state index in [2.05, 4.69) is 17.2 Å². The highest BCUT2D eigenvalue weighted by Gasteiger charge is 2.26. The number of nitrogen functional groups attached to an aromatic ring is 1. The van der Waals surface area contributed by atoms with Crippen LogP contribution in [-0.2, 0) is 0 Å². The van der Waals surface area contributed by atoms with Gasteiger partial charge < -0.3 is 16.0 Å². The Labute approximate surface area is 118 Å². The van der Waals surface area contributed by atoms with E-state index in [9.17, 15) is 4.79 Å². The molecule has 1 heterocycles. The number of hydrogen-bond donors (Lipinski definition) is 3. The standard InChI is InChI=1S/C16H21N3O/c1-2-12(7-10-3-4-10)19-16(20)14-9-18-15-6-5-11(17)8-13(14)15/h5-6,8-10,12,18H,2-4,7,17H2,1H3,(H,19,20). The predicted molar refractivity (Wildman–Crippen MR) is 81.6 cm³/mol. The molecule has 0 bridgehead atoms. The average molecular weight is 271 g/mol. The number of carbonyl (C=O) groups excluding carboxylic acids is 1. The van der Waals surface area contributed by atoms with Gasteiger partial charge in [0.2, 0.25) is 0 Å². The van der Waals surface area contributed by atoms with Crippen molar-refractivity contribution in [2.24, 2.45) is 5.92 Å². The Morgan fingerprint density at radius 2 is 2.30 bits per heavy atom. The Morgan fingerprint density at radius 3 is 3.00 bits per heavy atom. The van der Waals surface area contributed by atoms with Crippen LogP contribution in [0.3, 0.4) is 0 Å². The smallest absolute Gasteiger partial charge is 0.253 e. The number of benzene rings is 1. The number of rotatable bonds is 5. The first-order valence-electron chi connectivity index (χ1n) is 7.35. The monoisotopic (exact) mass is 271 g/mol. The lowest BCUT2D eigenvalue weighted by Crippen LogP contribution is -2.34. The summed E-state index contributed by atoms with van der Waals surface area (Å²) in [5.74, 6) is 0.813. The van der Waals surface area contributed by atoms with Gasteiger partial charge in [-0.05, 0) is 37.0 Å². The van der Waals surface area contributed by atoms with Gasteiger partial charge in [-0.25, -0.2) is 0 Å². The number of nitrogens with two attached hydrogens (primary N) is 1. The van der Waals surface area contributed by atoms with Crippen molar-refractivity contribution in [1.29, 1.82) is 0 Å². The molecule has 1 amide bonds. The maximum absolute atomic E-state index is 12.4. The first-order chi connectivity index (χ1) is 9.67. The fourth-order valence-electron chi connectivity index (χ4n) is 2.67. The third-order valence-corrected chi connectivity index (χ3v) is 4.09. The molecule has 1 aliphatic rings. The molecule has 1 aliphatic carbocycles. The molecule has 1 saturated carbocycles. The predicted octanol–water partition coefficient (Wildman–Crippen LogP) is 3.06. The normalized spacial score (nSPS) is 16.2. The summed E-state index contributed by atoms with van der Waals surface area (Å²) in [5, 5.41) is 4.04. The van der Waals surface area contributed by atoms with Crippen LogP contribution in [0, 0.1) is 5.92 Å².